The predicted octanol–water partition coefficient (Wildman–Crippen LogP) is 3.21. The van der Waals surface area contributed by atoms with E-state index in [4.69, 9.17) is 4.74 Å². The molecule has 1 aliphatic heterocycles. The Morgan fingerprint density at radius 2 is 1.91 bits per heavy atom. The Balaban J connectivity index is 1.54. The number of aryl methyl sites for hydroxylation is 1. The summed E-state index contributed by atoms with van der Waals surface area (Å²) in [7, 11) is -3.53. The van der Waals surface area contributed by atoms with Crippen LogP contribution < -0.4 is 5.32 Å². The Labute approximate surface area is 189 Å². The normalized spacial score (nSPS) is 14.6. The minimum atomic E-state index is -3.53. The van der Waals surface area contributed by atoms with Crippen LogP contribution in [0.4, 0.5) is 5.13 Å². The molecule has 0 radical (unpaired) electrons. The number of sulfonamides is 1. The van der Waals surface area contributed by atoms with Gasteiger partial charge in [-0.05, 0) is 57.0 Å². The van der Waals surface area contributed by atoms with Gasteiger partial charge in [0.2, 0.25) is 10.0 Å². The number of pyridine rings is 1. The van der Waals surface area contributed by atoms with Gasteiger partial charge in [-0.25, -0.2) is 23.2 Å². The Bertz CT molecular complexity index is 1300. The smallest absolute Gasteiger partial charge is 0.339 e. The van der Waals surface area contributed by atoms with Crippen LogP contribution in [0.5, 0.6) is 0 Å². The minimum Gasteiger partial charge on any atom is -0.462 e. The second-order valence-electron chi connectivity index (χ2n) is 7.26. The van der Waals surface area contributed by atoms with Crippen LogP contribution in [-0.4, -0.2) is 54.3 Å². The summed E-state index contributed by atoms with van der Waals surface area (Å²) in [5, 5.41) is 3.02. The van der Waals surface area contributed by atoms with Crippen LogP contribution in [0, 0.1) is 6.92 Å². The standard InChI is InChI=1S/C21H22N4O5S2/c1-3-30-20(27)15-7-9-17(22-13(15)2)19(26)24-21-23-16-8-6-14(12-18(16)31-21)32(28,29)25-10-4-5-11-25/h6-9,12H,3-5,10-11H2,1-2H3,(H,23,24,26). The fraction of sp³-hybridized carbons (Fsp3) is 0.333. The molecule has 9 nitrogen and oxygen atoms in total. The number of anilines is 1. The number of carbonyl (C=O) groups is 2. The first-order valence-corrected chi connectivity index (χ1v) is 12.4. The highest BCUT2D eigenvalue weighted by atomic mass is 32.2. The zero-order valence-electron chi connectivity index (χ0n) is 17.6. The molecule has 1 amide bonds. The summed E-state index contributed by atoms with van der Waals surface area (Å²) in [5.74, 6) is -0.970. The maximum Gasteiger partial charge on any atom is 0.339 e. The van der Waals surface area contributed by atoms with Crippen molar-refractivity contribution >= 4 is 48.6 Å². The second-order valence-corrected chi connectivity index (χ2v) is 10.2. The molecule has 2 aromatic heterocycles. The van der Waals surface area contributed by atoms with Crippen LogP contribution in [0.1, 0.15) is 46.3 Å². The molecule has 1 saturated heterocycles. The van der Waals surface area contributed by atoms with Gasteiger partial charge in [-0.2, -0.15) is 4.31 Å². The number of esters is 1. The van der Waals surface area contributed by atoms with E-state index in [0.29, 0.717) is 39.7 Å². The molecule has 11 heteroatoms. The van der Waals surface area contributed by atoms with Gasteiger partial charge in [0.1, 0.15) is 5.69 Å². The van der Waals surface area contributed by atoms with E-state index >= 15 is 0 Å². The van der Waals surface area contributed by atoms with Crippen LogP contribution in [-0.2, 0) is 14.8 Å². The second kappa shape index (κ2) is 8.93. The number of thiazole rings is 1. The largest absolute Gasteiger partial charge is 0.462 e. The maximum atomic E-state index is 12.8. The number of rotatable bonds is 6. The average Bonchev–Trinajstić information content (AvgIpc) is 3.43. The molecule has 3 heterocycles. The lowest BCUT2D eigenvalue weighted by molar-refractivity contribution is 0.0524. The van der Waals surface area contributed by atoms with Crippen molar-refractivity contribution in [1.29, 1.82) is 0 Å². The summed E-state index contributed by atoms with van der Waals surface area (Å²) in [6, 6.07) is 7.72. The van der Waals surface area contributed by atoms with Gasteiger partial charge in [0.15, 0.2) is 5.13 Å². The highest BCUT2D eigenvalue weighted by molar-refractivity contribution is 7.89. The SMILES string of the molecule is CCOC(=O)c1ccc(C(=O)Nc2nc3ccc(S(=O)(=O)N4CCCC4)cc3s2)nc1C. The quantitative estimate of drug-likeness (QED) is 0.545. The Morgan fingerprint density at radius 3 is 2.59 bits per heavy atom. The lowest BCUT2D eigenvalue weighted by Crippen LogP contribution is -2.27. The van der Waals surface area contributed by atoms with Crippen molar-refractivity contribution in [2.45, 2.75) is 31.6 Å². The van der Waals surface area contributed by atoms with Crippen LogP contribution in [0.15, 0.2) is 35.2 Å². The number of benzene rings is 1. The van der Waals surface area contributed by atoms with E-state index in [0.717, 1.165) is 12.8 Å². The van der Waals surface area contributed by atoms with Crippen molar-refractivity contribution in [2.24, 2.45) is 0 Å². The number of nitrogens with one attached hydrogen (secondary N) is 1. The predicted molar refractivity (Wildman–Crippen MR) is 120 cm³/mol. The molecule has 0 aliphatic carbocycles. The lowest BCUT2D eigenvalue weighted by Gasteiger charge is -2.15. The average molecular weight is 475 g/mol. The summed E-state index contributed by atoms with van der Waals surface area (Å²) in [5.41, 5.74) is 1.41. The zero-order valence-corrected chi connectivity index (χ0v) is 19.3. The Kier molecular flexibility index (Phi) is 6.22. The van der Waals surface area contributed by atoms with Crippen molar-refractivity contribution in [3.63, 3.8) is 0 Å². The molecule has 0 unspecified atom stereocenters. The van der Waals surface area contributed by atoms with Crippen LogP contribution >= 0.6 is 11.3 Å². The zero-order chi connectivity index (χ0) is 22.9. The maximum absolute atomic E-state index is 12.8. The molecular formula is C21H22N4O5S2. The van der Waals surface area contributed by atoms with Gasteiger partial charge < -0.3 is 4.74 Å². The molecular weight excluding hydrogens is 452 g/mol. The first kappa shape index (κ1) is 22.3. The van der Waals surface area contributed by atoms with Crippen molar-refractivity contribution in [1.82, 2.24) is 14.3 Å². The molecule has 4 rings (SSSR count). The number of hydrogen-bond acceptors (Lipinski definition) is 8. The molecule has 0 atom stereocenters. The van der Waals surface area contributed by atoms with Gasteiger partial charge in [0.05, 0.1) is 33.0 Å². The van der Waals surface area contributed by atoms with Gasteiger partial charge in [0, 0.05) is 13.1 Å². The first-order valence-electron chi connectivity index (χ1n) is 10.2. The highest BCUT2D eigenvalue weighted by Gasteiger charge is 2.27. The van der Waals surface area contributed by atoms with Crippen LogP contribution in [0.3, 0.4) is 0 Å². The monoisotopic (exact) mass is 474 g/mol. The molecule has 0 bridgehead atoms. The number of ether oxygens (including phenoxy) is 1. The Hall–Kier alpha value is -2.89. The molecule has 1 aliphatic rings. The van der Waals surface area contributed by atoms with E-state index in [1.54, 1.807) is 32.0 Å². The van der Waals surface area contributed by atoms with Crippen LogP contribution in [0.2, 0.25) is 0 Å². The number of amides is 1. The van der Waals surface area contributed by atoms with Gasteiger partial charge in [0.25, 0.3) is 5.91 Å². The third kappa shape index (κ3) is 4.36. The molecule has 1 N–H and O–H groups in total. The number of fused-ring (bicyclic) bond motifs is 1. The summed E-state index contributed by atoms with van der Waals surface area (Å²) in [6.45, 7) is 4.66. The molecule has 168 valence electrons. The van der Waals surface area contributed by atoms with E-state index in [1.807, 2.05) is 0 Å². The minimum absolute atomic E-state index is 0.132. The highest BCUT2D eigenvalue weighted by Crippen LogP contribution is 2.30. The van der Waals surface area contributed by atoms with Gasteiger partial charge >= 0.3 is 5.97 Å². The lowest BCUT2D eigenvalue weighted by atomic mass is 10.2. The number of aromatic nitrogens is 2. The number of nitrogens with zero attached hydrogens (tertiary/aromatic N) is 3. The number of hydrogen-bond donors (Lipinski definition) is 1. The molecule has 0 saturated carbocycles. The molecule has 1 aromatic carbocycles. The molecule has 3 aromatic rings. The van der Waals surface area contributed by atoms with Crippen LogP contribution in [0.25, 0.3) is 10.2 Å². The topological polar surface area (TPSA) is 119 Å². The third-order valence-corrected chi connectivity index (χ3v) is 7.93. The summed E-state index contributed by atoms with van der Waals surface area (Å²) in [6.07, 6.45) is 1.74. The van der Waals surface area contributed by atoms with Crippen molar-refractivity contribution in [3.8, 4) is 0 Å². The van der Waals surface area contributed by atoms with Crippen molar-refractivity contribution < 1.29 is 22.7 Å². The Morgan fingerprint density at radius 1 is 1.16 bits per heavy atom. The summed E-state index contributed by atoms with van der Waals surface area (Å²) in [4.78, 5) is 33.3. The first-order chi connectivity index (χ1) is 15.3. The fourth-order valence-electron chi connectivity index (χ4n) is 3.47. The molecule has 32 heavy (non-hydrogen) atoms. The third-order valence-electron chi connectivity index (χ3n) is 5.10. The fourth-order valence-corrected chi connectivity index (χ4v) is 5.99. The van der Waals surface area contributed by atoms with E-state index in [1.165, 1.54) is 27.8 Å². The van der Waals surface area contributed by atoms with Gasteiger partial charge in [-0.15, -0.1) is 0 Å². The summed E-state index contributed by atoms with van der Waals surface area (Å²) >= 11 is 1.18. The van der Waals surface area contributed by atoms with E-state index in [-0.39, 0.29) is 17.2 Å². The van der Waals surface area contributed by atoms with Crippen molar-refractivity contribution in [2.75, 3.05) is 25.0 Å². The molecule has 1 fully saturated rings. The van der Waals surface area contributed by atoms with E-state index in [2.05, 4.69) is 15.3 Å². The van der Waals surface area contributed by atoms with E-state index in [9.17, 15) is 18.0 Å². The number of carbonyl (C=O) groups excluding carboxylic acids is 2. The summed E-state index contributed by atoms with van der Waals surface area (Å²) < 4.78 is 32.7. The molecule has 0 spiro atoms. The van der Waals surface area contributed by atoms with Gasteiger partial charge in [-0.3, -0.25) is 10.1 Å². The van der Waals surface area contributed by atoms with Crippen molar-refractivity contribution in [3.05, 3.63) is 47.3 Å². The van der Waals surface area contributed by atoms with E-state index < -0.39 is 21.9 Å². The van der Waals surface area contributed by atoms with Gasteiger partial charge in [-0.1, -0.05) is 11.3 Å².